The number of nitrogens with one attached hydrogen (secondary N) is 1. The highest BCUT2D eigenvalue weighted by Crippen LogP contribution is 2.23. The number of hydrogen-bond donors (Lipinski definition) is 1. The molecule has 106 valence electrons. The maximum absolute atomic E-state index is 5.11. The van der Waals surface area contributed by atoms with Gasteiger partial charge in [0.05, 0.1) is 12.6 Å². The average Bonchev–Trinajstić information content (AvgIpc) is 2.49. The standard InChI is InChI=1S/C17H20BrNO/c1-19-17(15-7-9-16(18)10-8-15)14-5-3-13(4-6-14)11-12-20-2/h3-10,17,19H,11-12H2,1-2H3. The molecule has 0 aliphatic heterocycles. The lowest BCUT2D eigenvalue weighted by molar-refractivity contribution is 0.202. The minimum Gasteiger partial charge on any atom is -0.384 e. The van der Waals surface area contributed by atoms with Gasteiger partial charge in [-0.05, 0) is 42.3 Å². The molecule has 1 unspecified atom stereocenters. The van der Waals surface area contributed by atoms with E-state index in [1.54, 1.807) is 7.11 Å². The molecule has 0 aliphatic rings. The molecule has 0 heterocycles. The molecule has 2 aromatic carbocycles. The lowest BCUT2D eigenvalue weighted by Gasteiger charge is -2.17. The minimum atomic E-state index is 0.222. The molecule has 2 aromatic rings. The van der Waals surface area contributed by atoms with Crippen molar-refractivity contribution < 1.29 is 4.74 Å². The van der Waals surface area contributed by atoms with Crippen LogP contribution >= 0.6 is 15.9 Å². The lowest BCUT2D eigenvalue weighted by Crippen LogP contribution is -2.17. The van der Waals surface area contributed by atoms with E-state index in [0.717, 1.165) is 17.5 Å². The van der Waals surface area contributed by atoms with Crippen LogP contribution in [0.4, 0.5) is 0 Å². The van der Waals surface area contributed by atoms with Gasteiger partial charge in [0.1, 0.15) is 0 Å². The second kappa shape index (κ2) is 7.58. The van der Waals surface area contributed by atoms with Gasteiger partial charge >= 0.3 is 0 Å². The summed E-state index contributed by atoms with van der Waals surface area (Å²) < 4.78 is 6.21. The van der Waals surface area contributed by atoms with E-state index in [9.17, 15) is 0 Å². The highest BCUT2D eigenvalue weighted by Gasteiger charge is 2.11. The Balaban J connectivity index is 2.17. The highest BCUT2D eigenvalue weighted by atomic mass is 79.9. The molecular formula is C17H20BrNO. The van der Waals surface area contributed by atoms with E-state index in [0.29, 0.717) is 0 Å². The molecule has 2 nitrogen and oxygen atoms in total. The Labute approximate surface area is 129 Å². The number of benzene rings is 2. The summed E-state index contributed by atoms with van der Waals surface area (Å²) in [6.45, 7) is 0.765. The predicted molar refractivity (Wildman–Crippen MR) is 87.1 cm³/mol. The molecule has 20 heavy (non-hydrogen) atoms. The first-order valence-electron chi connectivity index (χ1n) is 6.75. The van der Waals surface area contributed by atoms with Crippen LogP contribution in [0, 0.1) is 0 Å². The molecule has 1 N–H and O–H groups in total. The Kier molecular flexibility index (Phi) is 5.77. The van der Waals surface area contributed by atoms with Gasteiger partial charge in [0.25, 0.3) is 0 Å². The first kappa shape index (κ1) is 15.2. The maximum Gasteiger partial charge on any atom is 0.0574 e. The van der Waals surface area contributed by atoms with Crippen LogP contribution in [0.3, 0.4) is 0 Å². The van der Waals surface area contributed by atoms with Gasteiger partial charge in [-0.2, -0.15) is 0 Å². The minimum absolute atomic E-state index is 0.222. The topological polar surface area (TPSA) is 21.3 Å². The molecule has 2 rings (SSSR count). The summed E-state index contributed by atoms with van der Waals surface area (Å²) >= 11 is 3.47. The van der Waals surface area contributed by atoms with E-state index in [1.807, 2.05) is 7.05 Å². The summed E-state index contributed by atoms with van der Waals surface area (Å²) in [5.41, 5.74) is 3.84. The zero-order chi connectivity index (χ0) is 14.4. The number of ether oxygens (including phenoxy) is 1. The maximum atomic E-state index is 5.11. The van der Waals surface area contributed by atoms with Gasteiger partial charge < -0.3 is 10.1 Å². The third-order valence-electron chi connectivity index (χ3n) is 3.40. The molecule has 0 aromatic heterocycles. The first-order chi connectivity index (χ1) is 9.74. The van der Waals surface area contributed by atoms with Crippen molar-refractivity contribution in [3.63, 3.8) is 0 Å². The van der Waals surface area contributed by atoms with Crippen LogP contribution in [0.2, 0.25) is 0 Å². The fourth-order valence-electron chi connectivity index (χ4n) is 2.28. The molecule has 0 fully saturated rings. The summed E-state index contributed by atoms with van der Waals surface area (Å²) in [5.74, 6) is 0. The van der Waals surface area contributed by atoms with Crippen molar-refractivity contribution in [1.82, 2.24) is 5.32 Å². The number of rotatable bonds is 6. The van der Waals surface area contributed by atoms with E-state index in [1.165, 1.54) is 16.7 Å². The zero-order valence-electron chi connectivity index (χ0n) is 11.9. The number of hydrogen-bond acceptors (Lipinski definition) is 2. The summed E-state index contributed by atoms with van der Waals surface area (Å²) in [5, 5.41) is 3.38. The molecule has 0 amide bonds. The quantitative estimate of drug-likeness (QED) is 0.864. The monoisotopic (exact) mass is 333 g/mol. The highest BCUT2D eigenvalue weighted by molar-refractivity contribution is 9.10. The Hall–Kier alpha value is -1.16. The normalized spacial score (nSPS) is 12.3. The van der Waals surface area contributed by atoms with Crippen molar-refractivity contribution >= 4 is 15.9 Å². The molecule has 0 radical (unpaired) electrons. The third kappa shape index (κ3) is 3.92. The summed E-state index contributed by atoms with van der Waals surface area (Å²) in [6.07, 6.45) is 0.958. The molecule has 3 heteroatoms. The van der Waals surface area contributed by atoms with Gasteiger partial charge in [-0.25, -0.2) is 0 Å². The summed E-state index contributed by atoms with van der Waals surface area (Å²) in [6, 6.07) is 17.4. The van der Waals surface area contributed by atoms with E-state index < -0.39 is 0 Å². The SMILES string of the molecule is CNC(c1ccc(Br)cc1)c1ccc(CCOC)cc1. The molecular weight excluding hydrogens is 314 g/mol. The van der Waals surface area contributed by atoms with Gasteiger partial charge in [-0.1, -0.05) is 52.3 Å². The molecule has 0 bridgehead atoms. The van der Waals surface area contributed by atoms with Gasteiger partial charge in [-0.15, -0.1) is 0 Å². The Morgan fingerprint density at radius 3 is 2.05 bits per heavy atom. The van der Waals surface area contributed by atoms with E-state index in [4.69, 9.17) is 4.74 Å². The molecule has 0 spiro atoms. The van der Waals surface area contributed by atoms with Gasteiger partial charge in [0, 0.05) is 11.6 Å². The third-order valence-corrected chi connectivity index (χ3v) is 3.93. The van der Waals surface area contributed by atoms with Crippen LogP contribution in [0.25, 0.3) is 0 Å². The number of methoxy groups -OCH3 is 1. The molecule has 1 atom stereocenters. The van der Waals surface area contributed by atoms with Crippen molar-refractivity contribution in [3.05, 3.63) is 69.7 Å². The van der Waals surface area contributed by atoms with Crippen LogP contribution in [0.15, 0.2) is 53.0 Å². The van der Waals surface area contributed by atoms with Gasteiger partial charge in [0.15, 0.2) is 0 Å². The van der Waals surface area contributed by atoms with Crippen LogP contribution < -0.4 is 5.32 Å². The fraction of sp³-hybridized carbons (Fsp3) is 0.294. The smallest absolute Gasteiger partial charge is 0.0574 e. The first-order valence-corrected chi connectivity index (χ1v) is 7.54. The summed E-state index contributed by atoms with van der Waals surface area (Å²) in [7, 11) is 3.73. The predicted octanol–water partition coefficient (Wildman–Crippen LogP) is 3.95. The Bertz CT molecular complexity index is 522. The second-order valence-corrected chi connectivity index (χ2v) is 5.67. The van der Waals surface area contributed by atoms with Gasteiger partial charge in [0.2, 0.25) is 0 Å². The van der Waals surface area contributed by atoms with Crippen LogP contribution in [-0.2, 0) is 11.2 Å². The number of halogens is 1. The van der Waals surface area contributed by atoms with E-state index in [-0.39, 0.29) is 6.04 Å². The van der Waals surface area contributed by atoms with Gasteiger partial charge in [-0.3, -0.25) is 0 Å². The molecule has 0 saturated carbocycles. The second-order valence-electron chi connectivity index (χ2n) is 4.76. The Morgan fingerprint density at radius 1 is 1.00 bits per heavy atom. The zero-order valence-corrected chi connectivity index (χ0v) is 13.5. The van der Waals surface area contributed by atoms with Crippen molar-refractivity contribution in [1.29, 1.82) is 0 Å². The molecule has 0 saturated heterocycles. The fourth-order valence-corrected chi connectivity index (χ4v) is 2.54. The largest absolute Gasteiger partial charge is 0.384 e. The van der Waals surface area contributed by atoms with Crippen LogP contribution in [0.1, 0.15) is 22.7 Å². The van der Waals surface area contributed by atoms with Crippen LogP contribution in [0.5, 0.6) is 0 Å². The summed E-state index contributed by atoms with van der Waals surface area (Å²) in [4.78, 5) is 0. The van der Waals surface area contributed by atoms with E-state index >= 15 is 0 Å². The van der Waals surface area contributed by atoms with Crippen molar-refractivity contribution in [2.75, 3.05) is 20.8 Å². The average molecular weight is 334 g/mol. The van der Waals surface area contributed by atoms with Crippen molar-refractivity contribution in [2.24, 2.45) is 0 Å². The van der Waals surface area contributed by atoms with Crippen molar-refractivity contribution in [3.8, 4) is 0 Å². The van der Waals surface area contributed by atoms with Crippen LogP contribution in [-0.4, -0.2) is 20.8 Å². The molecule has 0 aliphatic carbocycles. The van der Waals surface area contributed by atoms with Crippen molar-refractivity contribution in [2.45, 2.75) is 12.5 Å². The lowest BCUT2D eigenvalue weighted by atomic mass is 9.97. The Morgan fingerprint density at radius 2 is 1.55 bits per heavy atom. The van der Waals surface area contributed by atoms with E-state index in [2.05, 4.69) is 69.8 Å².